The van der Waals surface area contributed by atoms with E-state index in [-0.39, 0.29) is 4.90 Å². The fourth-order valence-corrected chi connectivity index (χ4v) is 1.40. The summed E-state index contributed by atoms with van der Waals surface area (Å²) in [6, 6.07) is 3.32. The predicted molar refractivity (Wildman–Crippen MR) is 65.8 cm³/mol. The van der Waals surface area contributed by atoms with Crippen molar-refractivity contribution in [1.82, 2.24) is 4.98 Å². The van der Waals surface area contributed by atoms with Gasteiger partial charge in [0, 0.05) is 18.1 Å². The van der Waals surface area contributed by atoms with Gasteiger partial charge in [-0.05, 0) is 32.4 Å². The van der Waals surface area contributed by atoms with E-state index in [1.165, 1.54) is 12.5 Å². The molecule has 0 spiro atoms. The lowest BCUT2D eigenvalue weighted by Gasteiger charge is -1.98. The first-order valence-corrected chi connectivity index (χ1v) is 6.83. The van der Waals surface area contributed by atoms with Crippen molar-refractivity contribution in [2.24, 2.45) is 0 Å². The van der Waals surface area contributed by atoms with E-state index in [2.05, 4.69) is 16.8 Å². The molecule has 4 heteroatoms. The van der Waals surface area contributed by atoms with Crippen molar-refractivity contribution in [3.8, 4) is 11.8 Å². The van der Waals surface area contributed by atoms with Gasteiger partial charge in [0.05, 0.1) is 4.90 Å². The Morgan fingerprint density at radius 2 is 1.81 bits per heavy atom. The first kappa shape index (κ1) is 14.7. The number of hydrogen-bond donors (Lipinski definition) is 0. The number of pyridine rings is 1. The van der Waals surface area contributed by atoms with Crippen LogP contribution in [-0.2, 0) is 16.3 Å². The quantitative estimate of drug-likeness (QED) is 0.742. The fourth-order valence-electron chi connectivity index (χ4n) is 0.839. The molecule has 0 fully saturated rings. The second kappa shape index (κ2) is 7.02. The third kappa shape index (κ3) is 5.52. The highest BCUT2D eigenvalue weighted by Gasteiger charge is 2.05. The van der Waals surface area contributed by atoms with Crippen molar-refractivity contribution < 1.29 is 8.42 Å². The normalized spacial score (nSPS) is 9.50. The van der Waals surface area contributed by atoms with Crippen LogP contribution in [0.15, 0.2) is 23.2 Å². The summed E-state index contributed by atoms with van der Waals surface area (Å²) in [5.74, 6) is 5.36. The van der Waals surface area contributed by atoms with E-state index in [0.29, 0.717) is 0 Å². The molecule has 3 nitrogen and oxygen atoms in total. The van der Waals surface area contributed by atoms with Gasteiger partial charge in [0.15, 0.2) is 9.84 Å². The molecule has 1 aromatic rings. The molecule has 0 radical (unpaired) electrons. The minimum absolute atomic E-state index is 0.278. The van der Waals surface area contributed by atoms with Gasteiger partial charge < -0.3 is 0 Å². The predicted octanol–water partition coefficient (Wildman–Crippen LogP) is 2.08. The Balaban J connectivity index is 0.000000487. The number of sulfone groups is 1. The summed E-state index contributed by atoms with van der Waals surface area (Å²) in [6.07, 6.45) is 3.40. The van der Waals surface area contributed by atoms with Crippen LogP contribution in [-0.4, -0.2) is 19.7 Å². The highest BCUT2D eigenvalue weighted by Crippen LogP contribution is 2.07. The van der Waals surface area contributed by atoms with E-state index in [0.717, 1.165) is 12.1 Å². The van der Waals surface area contributed by atoms with Gasteiger partial charge >= 0.3 is 0 Å². The highest BCUT2D eigenvalue weighted by molar-refractivity contribution is 7.90. The Morgan fingerprint density at radius 3 is 2.06 bits per heavy atom. The van der Waals surface area contributed by atoms with Crippen LogP contribution in [0.1, 0.15) is 26.5 Å². The number of aromatic nitrogens is 1. The van der Waals surface area contributed by atoms with Gasteiger partial charge in [-0.1, -0.05) is 6.92 Å². The summed E-state index contributed by atoms with van der Waals surface area (Å²) in [6.45, 7) is 5.61. The molecule has 1 heterocycles. The average Bonchev–Trinajstić information content (AvgIpc) is 2.28. The van der Waals surface area contributed by atoms with E-state index in [9.17, 15) is 8.42 Å². The maximum absolute atomic E-state index is 11.0. The van der Waals surface area contributed by atoms with Crippen LogP contribution in [0.5, 0.6) is 0 Å². The van der Waals surface area contributed by atoms with Crippen molar-refractivity contribution in [2.45, 2.75) is 32.1 Å². The third-order valence-corrected chi connectivity index (χ3v) is 2.94. The molecule has 0 aromatic carbocycles. The van der Waals surface area contributed by atoms with Crippen molar-refractivity contribution in [3.63, 3.8) is 0 Å². The van der Waals surface area contributed by atoms with E-state index in [4.69, 9.17) is 0 Å². The van der Waals surface area contributed by atoms with E-state index >= 15 is 0 Å². The SMILES string of the molecule is CC#CC.CCc1ccc(S(C)(=O)=O)cn1. The van der Waals surface area contributed by atoms with Crippen molar-refractivity contribution in [1.29, 1.82) is 0 Å². The number of aryl methyl sites for hydroxylation is 1. The minimum atomic E-state index is -3.09. The molecular weight excluding hydrogens is 222 g/mol. The second-order valence-electron chi connectivity index (χ2n) is 3.11. The first-order valence-electron chi connectivity index (χ1n) is 4.94. The summed E-state index contributed by atoms with van der Waals surface area (Å²) in [7, 11) is -3.09. The zero-order valence-corrected chi connectivity index (χ0v) is 10.9. The molecule has 0 saturated carbocycles. The molecule has 0 aliphatic carbocycles. The smallest absolute Gasteiger partial charge is 0.177 e. The lowest BCUT2D eigenvalue weighted by Crippen LogP contribution is -1.98. The van der Waals surface area contributed by atoms with Gasteiger partial charge in [-0.3, -0.25) is 4.98 Å². The average molecular weight is 239 g/mol. The number of rotatable bonds is 2. The van der Waals surface area contributed by atoms with E-state index < -0.39 is 9.84 Å². The summed E-state index contributed by atoms with van der Waals surface area (Å²) >= 11 is 0. The van der Waals surface area contributed by atoms with Crippen molar-refractivity contribution in [2.75, 3.05) is 6.26 Å². The highest BCUT2D eigenvalue weighted by atomic mass is 32.2. The molecule has 0 bridgehead atoms. The van der Waals surface area contributed by atoms with Crippen molar-refractivity contribution in [3.05, 3.63) is 24.0 Å². The Labute approximate surface area is 97.8 Å². The van der Waals surface area contributed by atoms with E-state index in [1.807, 2.05) is 20.8 Å². The summed E-state index contributed by atoms with van der Waals surface area (Å²) in [4.78, 5) is 4.26. The molecule has 0 atom stereocenters. The Bertz CT molecular complexity index is 458. The van der Waals surface area contributed by atoms with Gasteiger partial charge in [-0.25, -0.2) is 8.42 Å². The molecule has 0 amide bonds. The van der Waals surface area contributed by atoms with Gasteiger partial charge in [0.1, 0.15) is 0 Å². The Morgan fingerprint density at radius 1 is 1.25 bits per heavy atom. The molecule has 1 rings (SSSR count). The zero-order chi connectivity index (χ0) is 12.6. The molecule has 1 aromatic heterocycles. The summed E-state index contributed by atoms with van der Waals surface area (Å²) < 4.78 is 22.0. The monoisotopic (exact) mass is 239 g/mol. The standard InChI is InChI=1S/C8H11NO2S.C4H6/c1-3-7-4-5-8(6-9-7)12(2,10)11;1-3-4-2/h4-6H,3H2,1-2H3;1-2H3. The molecule has 0 aliphatic heterocycles. The molecule has 0 aliphatic rings. The largest absolute Gasteiger partial charge is 0.260 e. The van der Waals surface area contributed by atoms with Gasteiger partial charge in [-0.2, -0.15) is 0 Å². The summed E-state index contributed by atoms with van der Waals surface area (Å²) in [5.41, 5.74) is 0.905. The first-order chi connectivity index (χ1) is 7.45. The van der Waals surface area contributed by atoms with Crippen LogP contribution in [0.4, 0.5) is 0 Å². The minimum Gasteiger partial charge on any atom is -0.260 e. The van der Waals surface area contributed by atoms with Crippen LogP contribution < -0.4 is 0 Å². The van der Waals surface area contributed by atoms with Crippen LogP contribution in [0.3, 0.4) is 0 Å². The lowest BCUT2D eigenvalue weighted by atomic mass is 10.3. The second-order valence-corrected chi connectivity index (χ2v) is 5.13. The molecule has 0 saturated heterocycles. The number of hydrogen-bond acceptors (Lipinski definition) is 3. The zero-order valence-electron chi connectivity index (χ0n) is 10.1. The molecule has 16 heavy (non-hydrogen) atoms. The lowest BCUT2D eigenvalue weighted by molar-refractivity contribution is 0.601. The Kier molecular flexibility index (Phi) is 6.43. The third-order valence-electron chi connectivity index (χ3n) is 1.84. The molecular formula is C12H17NO2S. The topological polar surface area (TPSA) is 47.0 Å². The van der Waals surface area contributed by atoms with Gasteiger partial charge in [-0.15, -0.1) is 11.8 Å². The molecule has 0 unspecified atom stereocenters. The Hall–Kier alpha value is -1.34. The van der Waals surface area contributed by atoms with E-state index in [1.54, 1.807) is 12.1 Å². The van der Waals surface area contributed by atoms with Crippen molar-refractivity contribution >= 4 is 9.84 Å². The van der Waals surface area contributed by atoms with Crippen LogP contribution in [0.25, 0.3) is 0 Å². The maximum Gasteiger partial charge on any atom is 0.177 e. The van der Waals surface area contributed by atoms with Crippen LogP contribution in [0.2, 0.25) is 0 Å². The fraction of sp³-hybridized carbons (Fsp3) is 0.417. The van der Waals surface area contributed by atoms with Crippen LogP contribution in [0, 0.1) is 11.8 Å². The summed E-state index contributed by atoms with van der Waals surface area (Å²) in [5, 5.41) is 0. The van der Waals surface area contributed by atoms with Crippen LogP contribution >= 0.6 is 0 Å². The van der Waals surface area contributed by atoms with Gasteiger partial charge in [0.2, 0.25) is 0 Å². The molecule has 88 valence electrons. The molecule has 0 N–H and O–H groups in total. The maximum atomic E-state index is 11.0. The number of nitrogens with zero attached hydrogens (tertiary/aromatic N) is 1. The van der Waals surface area contributed by atoms with Gasteiger partial charge in [0.25, 0.3) is 0 Å².